The van der Waals surface area contributed by atoms with Crippen molar-refractivity contribution >= 4 is 23.2 Å². The van der Waals surface area contributed by atoms with Crippen LogP contribution in [-0.2, 0) is 11.2 Å². The Morgan fingerprint density at radius 2 is 1.75 bits per heavy atom. The lowest BCUT2D eigenvalue weighted by Crippen LogP contribution is -2.22. The maximum atomic E-state index is 12.5. The van der Waals surface area contributed by atoms with Gasteiger partial charge < -0.3 is 14.6 Å². The zero-order valence-corrected chi connectivity index (χ0v) is 15.8. The standard InChI is InChI=1S/C21H20N2O5/c1-12(19-20(25)14-6-4-5-7-15(14)21(19)26)22-23-18(24)11-13-8-9-16(27-2)17(10-13)28-3/h4-10,25H,11H2,1-3H3,(H,23,24)/b22-12+. The van der Waals surface area contributed by atoms with Crippen molar-refractivity contribution in [3.8, 4) is 11.5 Å². The van der Waals surface area contributed by atoms with Gasteiger partial charge in [0.2, 0.25) is 5.91 Å². The molecule has 2 aromatic rings. The predicted octanol–water partition coefficient (Wildman–Crippen LogP) is 2.90. The number of hydrazone groups is 1. The van der Waals surface area contributed by atoms with Gasteiger partial charge in [-0.1, -0.05) is 30.3 Å². The van der Waals surface area contributed by atoms with Crippen LogP contribution in [0, 0.1) is 0 Å². The van der Waals surface area contributed by atoms with E-state index in [4.69, 9.17) is 9.47 Å². The average Bonchev–Trinajstić information content (AvgIpc) is 2.97. The Hall–Kier alpha value is -3.61. The molecule has 0 bridgehead atoms. The first-order valence-electron chi connectivity index (χ1n) is 8.58. The number of carbonyl (C=O) groups is 2. The van der Waals surface area contributed by atoms with Gasteiger partial charge in [-0.15, -0.1) is 0 Å². The third-order valence-electron chi connectivity index (χ3n) is 4.41. The molecule has 0 atom stereocenters. The van der Waals surface area contributed by atoms with Crippen LogP contribution in [0.4, 0.5) is 0 Å². The molecule has 3 rings (SSSR count). The van der Waals surface area contributed by atoms with Crippen LogP contribution in [0.2, 0.25) is 0 Å². The Balaban J connectivity index is 1.71. The number of amides is 1. The molecule has 1 aliphatic carbocycles. The predicted molar refractivity (Wildman–Crippen MR) is 105 cm³/mol. The number of ether oxygens (including phenoxy) is 2. The number of rotatable bonds is 6. The van der Waals surface area contributed by atoms with Crippen LogP contribution in [0.5, 0.6) is 11.5 Å². The number of hydrogen-bond acceptors (Lipinski definition) is 6. The number of fused-ring (bicyclic) bond motifs is 1. The van der Waals surface area contributed by atoms with Crippen molar-refractivity contribution in [1.29, 1.82) is 0 Å². The minimum Gasteiger partial charge on any atom is -0.506 e. The van der Waals surface area contributed by atoms with Gasteiger partial charge in [0, 0.05) is 11.1 Å². The summed E-state index contributed by atoms with van der Waals surface area (Å²) in [6, 6.07) is 12.0. The topological polar surface area (TPSA) is 97.2 Å². The summed E-state index contributed by atoms with van der Waals surface area (Å²) in [4.78, 5) is 24.7. The number of carbonyl (C=O) groups excluding carboxylic acids is 2. The summed E-state index contributed by atoms with van der Waals surface area (Å²) >= 11 is 0. The van der Waals surface area contributed by atoms with Crippen molar-refractivity contribution < 1.29 is 24.2 Å². The van der Waals surface area contributed by atoms with E-state index in [2.05, 4.69) is 10.5 Å². The monoisotopic (exact) mass is 380 g/mol. The summed E-state index contributed by atoms with van der Waals surface area (Å²) in [5, 5.41) is 14.3. The molecule has 0 radical (unpaired) electrons. The summed E-state index contributed by atoms with van der Waals surface area (Å²) in [5.41, 5.74) is 4.35. The van der Waals surface area contributed by atoms with E-state index in [-0.39, 0.29) is 35.2 Å². The molecule has 7 nitrogen and oxygen atoms in total. The number of ketones is 1. The normalized spacial score (nSPS) is 13.4. The molecule has 0 aliphatic heterocycles. The van der Waals surface area contributed by atoms with E-state index >= 15 is 0 Å². The highest BCUT2D eigenvalue weighted by atomic mass is 16.5. The average molecular weight is 380 g/mol. The van der Waals surface area contributed by atoms with Gasteiger partial charge in [-0.3, -0.25) is 9.59 Å². The van der Waals surface area contributed by atoms with Crippen molar-refractivity contribution in [2.24, 2.45) is 5.10 Å². The summed E-state index contributed by atoms with van der Waals surface area (Å²) < 4.78 is 10.4. The largest absolute Gasteiger partial charge is 0.506 e. The quantitative estimate of drug-likeness (QED) is 0.593. The molecule has 7 heteroatoms. The van der Waals surface area contributed by atoms with Crippen molar-refractivity contribution in [3.63, 3.8) is 0 Å². The third kappa shape index (κ3) is 3.59. The second kappa shape index (κ2) is 7.96. The molecular weight excluding hydrogens is 360 g/mol. The molecule has 144 valence electrons. The lowest BCUT2D eigenvalue weighted by molar-refractivity contribution is -0.120. The van der Waals surface area contributed by atoms with Crippen LogP contribution < -0.4 is 14.9 Å². The zero-order valence-electron chi connectivity index (χ0n) is 15.8. The first-order chi connectivity index (χ1) is 13.5. The van der Waals surface area contributed by atoms with Gasteiger partial charge in [-0.2, -0.15) is 5.10 Å². The minimum atomic E-state index is -0.366. The molecule has 1 aliphatic rings. The molecule has 0 saturated heterocycles. The van der Waals surface area contributed by atoms with E-state index in [0.29, 0.717) is 22.6 Å². The Kier molecular flexibility index (Phi) is 5.44. The first kappa shape index (κ1) is 19.2. The maximum Gasteiger partial charge on any atom is 0.244 e. The minimum absolute atomic E-state index is 0.0658. The van der Waals surface area contributed by atoms with Gasteiger partial charge in [0.25, 0.3) is 0 Å². The van der Waals surface area contributed by atoms with Crippen LogP contribution in [-0.4, -0.2) is 36.7 Å². The fourth-order valence-corrected chi connectivity index (χ4v) is 3.02. The molecular formula is C21H20N2O5. The molecule has 2 aromatic carbocycles. The Labute approximate surface area is 162 Å². The van der Waals surface area contributed by atoms with Crippen LogP contribution >= 0.6 is 0 Å². The third-order valence-corrected chi connectivity index (χ3v) is 4.41. The molecule has 0 fully saturated rings. The van der Waals surface area contributed by atoms with Gasteiger partial charge in [0.1, 0.15) is 5.76 Å². The van der Waals surface area contributed by atoms with Crippen LogP contribution in [0.25, 0.3) is 5.76 Å². The number of allylic oxidation sites excluding steroid dienone is 1. The van der Waals surface area contributed by atoms with Crippen molar-refractivity contribution in [1.82, 2.24) is 5.43 Å². The fraction of sp³-hybridized carbons (Fsp3) is 0.190. The van der Waals surface area contributed by atoms with E-state index in [1.807, 2.05) is 0 Å². The number of benzene rings is 2. The Bertz CT molecular complexity index is 1010. The van der Waals surface area contributed by atoms with Crippen LogP contribution in [0.3, 0.4) is 0 Å². The SMILES string of the molecule is COc1ccc(CC(=O)N/N=C(\C)C2=C(O)c3ccccc3C2=O)cc1OC. The van der Waals surface area contributed by atoms with Gasteiger partial charge in [-0.05, 0) is 24.6 Å². The van der Waals surface area contributed by atoms with Crippen LogP contribution in [0.1, 0.15) is 28.4 Å². The number of Topliss-reactive ketones (excluding diaryl/α,β-unsaturated/α-hetero) is 1. The molecule has 0 spiro atoms. The lowest BCUT2D eigenvalue weighted by atomic mass is 10.1. The summed E-state index contributed by atoms with van der Waals surface area (Å²) in [6.45, 7) is 1.56. The van der Waals surface area contributed by atoms with Crippen molar-refractivity contribution in [3.05, 3.63) is 64.7 Å². The summed E-state index contributed by atoms with van der Waals surface area (Å²) in [6.07, 6.45) is 0.0658. The Morgan fingerprint density at radius 3 is 2.39 bits per heavy atom. The highest BCUT2D eigenvalue weighted by Crippen LogP contribution is 2.31. The van der Waals surface area contributed by atoms with E-state index < -0.39 is 0 Å². The lowest BCUT2D eigenvalue weighted by Gasteiger charge is -2.09. The van der Waals surface area contributed by atoms with E-state index in [9.17, 15) is 14.7 Å². The molecule has 0 saturated carbocycles. The molecule has 0 aromatic heterocycles. The van der Waals surface area contributed by atoms with Gasteiger partial charge in [0.05, 0.1) is 31.9 Å². The van der Waals surface area contributed by atoms with Gasteiger partial charge in [-0.25, -0.2) is 5.43 Å². The highest BCUT2D eigenvalue weighted by Gasteiger charge is 2.31. The van der Waals surface area contributed by atoms with Crippen molar-refractivity contribution in [2.75, 3.05) is 14.2 Å². The van der Waals surface area contributed by atoms with Crippen LogP contribution in [0.15, 0.2) is 53.1 Å². The van der Waals surface area contributed by atoms with E-state index in [1.54, 1.807) is 49.4 Å². The summed E-state index contributed by atoms with van der Waals surface area (Å²) in [7, 11) is 3.06. The zero-order chi connectivity index (χ0) is 20.3. The van der Waals surface area contributed by atoms with E-state index in [0.717, 1.165) is 5.56 Å². The number of methoxy groups -OCH3 is 2. The number of aliphatic hydroxyl groups excluding tert-OH is 1. The Morgan fingerprint density at radius 1 is 1.07 bits per heavy atom. The fourth-order valence-electron chi connectivity index (χ4n) is 3.02. The molecule has 1 amide bonds. The second-order valence-corrected chi connectivity index (χ2v) is 6.20. The van der Waals surface area contributed by atoms with E-state index in [1.165, 1.54) is 14.2 Å². The molecule has 0 heterocycles. The highest BCUT2D eigenvalue weighted by molar-refractivity contribution is 6.35. The summed E-state index contributed by atoms with van der Waals surface area (Å²) in [5.74, 6) is 0.285. The van der Waals surface area contributed by atoms with Gasteiger partial charge in [0.15, 0.2) is 17.3 Å². The second-order valence-electron chi connectivity index (χ2n) is 6.20. The number of aliphatic hydroxyl groups is 1. The number of nitrogens with zero attached hydrogens (tertiary/aromatic N) is 1. The first-order valence-corrected chi connectivity index (χ1v) is 8.58. The number of nitrogens with one attached hydrogen (secondary N) is 1. The maximum absolute atomic E-state index is 12.5. The smallest absolute Gasteiger partial charge is 0.244 e. The molecule has 2 N–H and O–H groups in total. The number of hydrogen-bond donors (Lipinski definition) is 2. The van der Waals surface area contributed by atoms with Gasteiger partial charge >= 0.3 is 0 Å². The molecule has 0 unspecified atom stereocenters. The van der Waals surface area contributed by atoms with Crippen molar-refractivity contribution in [2.45, 2.75) is 13.3 Å². The molecule has 28 heavy (non-hydrogen) atoms.